The van der Waals surface area contributed by atoms with Gasteiger partial charge in [0.15, 0.2) is 0 Å². The quantitative estimate of drug-likeness (QED) is 0.890. The number of carbonyl (C=O) groups is 2. The molecule has 0 atom stereocenters. The van der Waals surface area contributed by atoms with E-state index in [2.05, 4.69) is 10.3 Å². The third-order valence-corrected chi connectivity index (χ3v) is 2.98. The molecule has 1 aromatic heterocycles. The summed E-state index contributed by atoms with van der Waals surface area (Å²) in [6.45, 7) is 3.38. The van der Waals surface area contributed by atoms with E-state index < -0.39 is 0 Å². The summed E-state index contributed by atoms with van der Waals surface area (Å²) in [6.07, 6.45) is 0.863. The Morgan fingerprint density at radius 1 is 1.30 bits per heavy atom. The first-order chi connectivity index (χ1) is 9.45. The second-order valence-electron chi connectivity index (χ2n) is 4.80. The van der Waals surface area contributed by atoms with Crippen molar-refractivity contribution in [2.75, 3.05) is 5.32 Å². The Hall–Kier alpha value is -2.43. The smallest absolute Gasteiger partial charge is 0.221 e. The molecule has 5 heteroatoms. The molecule has 20 heavy (non-hydrogen) atoms. The fourth-order valence-electron chi connectivity index (χ4n) is 2.19. The second kappa shape index (κ2) is 5.69. The molecule has 3 N–H and O–H groups in total. The van der Waals surface area contributed by atoms with Gasteiger partial charge in [0.05, 0.1) is 5.52 Å². The number of hydrogen-bond donors (Lipinski definition) is 2. The van der Waals surface area contributed by atoms with Crippen molar-refractivity contribution in [3.05, 3.63) is 35.5 Å². The summed E-state index contributed by atoms with van der Waals surface area (Å²) in [5.41, 5.74) is 8.68. The summed E-state index contributed by atoms with van der Waals surface area (Å²) >= 11 is 0. The summed E-state index contributed by atoms with van der Waals surface area (Å²) in [4.78, 5) is 26.5. The Morgan fingerprint density at radius 2 is 2.05 bits per heavy atom. The van der Waals surface area contributed by atoms with Crippen molar-refractivity contribution >= 4 is 28.4 Å². The Labute approximate surface area is 117 Å². The van der Waals surface area contributed by atoms with Gasteiger partial charge < -0.3 is 11.1 Å². The van der Waals surface area contributed by atoms with Crippen LogP contribution in [0.3, 0.4) is 0 Å². The van der Waals surface area contributed by atoms with Crippen LogP contribution in [0.25, 0.3) is 10.9 Å². The van der Waals surface area contributed by atoms with Crippen molar-refractivity contribution in [3.63, 3.8) is 0 Å². The molecule has 1 heterocycles. The number of hydrogen-bond acceptors (Lipinski definition) is 3. The van der Waals surface area contributed by atoms with Gasteiger partial charge in [0.2, 0.25) is 11.8 Å². The molecule has 0 saturated carbocycles. The van der Waals surface area contributed by atoms with Crippen molar-refractivity contribution in [2.24, 2.45) is 5.73 Å². The maximum Gasteiger partial charge on any atom is 0.221 e. The minimum atomic E-state index is -0.328. The number of carbonyl (C=O) groups excluding carboxylic acids is 2. The number of aromatic nitrogens is 1. The topological polar surface area (TPSA) is 85.1 Å². The van der Waals surface area contributed by atoms with Crippen molar-refractivity contribution in [3.8, 4) is 0 Å². The lowest BCUT2D eigenvalue weighted by atomic mass is 10.0. The number of anilines is 1. The molecule has 2 aromatic rings. The van der Waals surface area contributed by atoms with Gasteiger partial charge in [0, 0.05) is 30.1 Å². The zero-order chi connectivity index (χ0) is 14.7. The number of fused-ring (bicyclic) bond motifs is 1. The lowest BCUT2D eigenvalue weighted by Crippen LogP contribution is -2.11. The molecule has 0 radical (unpaired) electrons. The van der Waals surface area contributed by atoms with E-state index in [-0.39, 0.29) is 11.8 Å². The fraction of sp³-hybridized carbons (Fsp3) is 0.267. The molecule has 0 bridgehead atoms. The van der Waals surface area contributed by atoms with Gasteiger partial charge in [-0.2, -0.15) is 0 Å². The molecular formula is C15H17N3O2. The summed E-state index contributed by atoms with van der Waals surface area (Å²) < 4.78 is 0. The minimum Gasteiger partial charge on any atom is -0.370 e. The van der Waals surface area contributed by atoms with Crippen molar-refractivity contribution < 1.29 is 9.59 Å². The van der Waals surface area contributed by atoms with Gasteiger partial charge >= 0.3 is 0 Å². The molecular weight excluding hydrogens is 254 g/mol. The molecule has 0 saturated heterocycles. The van der Waals surface area contributed by atoms with Crippen LogP contribution in [-0.2, 0) is 16.0 Å². The van der Waals surface area contributed by atoms with Gasteiger partial charge in [0.25, 0.3) is 0 Å². The van der Waals surface area contributed by atoms with E-state index in [0.29, 0.717) is 12.8 Å². The monoisotopic (exact) mass is 271 g/mol. The van der Waals surface area contributed by atoms with Crippen LogP contribution in [0.4, 0.5) is 5.69 Å². The number of pyridine rings is 1. The Bertz CT molecular complexity index is 680. The van der Waals surface area contributed by atoms with E-state index in [1.54, 1.807) is 0 Å². The number of aryl methyl sites for hydroxylation is 2. The molecule has 5 nitrogen and oxygen atoms in total. The largest absolute Gasteiger partial charge is 0.370 e. The average molecular weight is 271 g/mol. The van der Waals surface area contributed by atoms with E-state index in [1.807, 2.05) is 31.2 Å². The lowest BCUT2D eigenvalue weighted by molar-refractivity contribution is -0.118. The maximum absolute atomic E-state index is 11.1. The molecule has 2 amide bonds. The third kappa shape index (κ3) is 3.32. The first-order valence-corrected chi connectivity index (χ1v) is 6.42. The summed E-state index contributed by atoms with van der Waals surface area (Å²) in [7, 11) is 0. The predicted molar refractivity (Wildman–Crippen MR) is 78.3 cm³/mol. The highest BCUT2D eigenvalue weighted by molar-refractivity contribution is 5.93. The molecule has 0 unspecified atom stereocenters. The highest BCUT2D eigenvalue weighted by Gasteiger charge is 2.07. The standard InChI is InChI=1S/C15H17N3O2/c1-9-7-11(3-6-15(16)20)13-8-12(18-10(2)19)4-5-14(13)17-9/h4-5,7-8H,3,6H2,1-2H3,(H2,16,20)(H,18,19). The Balaban J connectivity index is 2.47. The number of rotatable bonds is 4. The van der Waals surface area contributed by atoms with E-state index in [0.717, 1.165) is 27.8 Å². The Kier molecular flexibility index (Phi) is 3.98. The number of nitrogens with zero attached hydrogens (tertiary/aromatic N) is 1. The van der Waals surface area contributed by atoms with Crippen LogP contribution >= 0.6 is 0 Å². The SMILES string of the molecule is CC(=O)Nc1ccc2nc(C)cc(CCC(N)=O)c2c1. The average Bonchev–Trinajstić information content (AvgIpc) is 2.35. The molecule has 104 valence electrons. The molecule has 1 aromatic carbocycles. The van der Waals surface area contributed by atoms with E-state index >= 15 is 0 Å². The van der Waals surface area contributed by atoms with Crippen LogP contribution in [0.1, 0.15) is 24.6 Å². The zero-order valence-electron chi connectivity index (χ0n) is 11.6. The molecule has 0 aliphatic rings. The highest BCUT2D eigenvalue weighted by Crippen LogP contribution is 2.23. The van der Waals surface area contributed by atoms with Gasteiger partial charge in [-0.05, 0) is 43.2 Å². The first-order valence-electron chi connectivity index (χ1n) is 6.42. The summed E-state index contributed by atoms with van der Waals surface area (Å²) in [6, 6.07) is 7.50. The van der Waals surface area contributed by atoms with Crippen molar-refractivity contribution in [1.29, 1.82) is 0 Å². The van der Waals surface area contributed by atoms with Gasteiger partial charge in [-0.3, -0.25) is 14.6 Å². The van der Waals surface area contributed by atoms with Crippen molar-refractivity contribution in [2.45, 2.75) is 26.7 Å². The van der Waals surface area contributed by atoms with Crippen LogP contribution in [0.5, 0.6) is 0 Å². The van der Waals surface area contributed by atoms with Gasteiger partial charge in [0.1, 0.15) is 0 Å². The molecule has 0 aliphatic carbocycles. The van der Waals surface area contributed by atoms with Crippen LogP contribution in [0, 0.1) is 6.92 Å². The lowest BCUT2D eigenvalue weighted by Gasteiger charge is -2.09. The summed E-state index contributed by atoms with van der Waals surface area (Å²) in [5, 5.41) is 3.68. The van der Waals surface area contributed by atoms with Gasteiger partial charge in [-0.25, -0.2) is 0 Å². The van der Waals surface area contributed by atoms with Crippen molar-refractivity contribution in [1.82, 2.24) is 4.98 Å². The number of primary amides is 1. The number of benzene rings is 1. The summed E-state index contributed by atoms with van der Waals surface area (Å²) in [5.74, 6) is -0.450. The molecule has 0 aliphatic heterocycles. The zero-order valence-corrected chi connectivity index (χ0v) is 11.6. The predicted octanol–water partition coefficient (Wildman–Crippen LogP) is 1.92. The number of amides is 2. The van der Waals surface area contributed by atoms with Crippen LogP contribution in [0.15, 0.2) is 24.3 Å². The fourth-order valence-corrected chi connectivity index (χ4v) is 2.19. The maximum atomic E-state index is 11.1. The normalized spacial score (nSPS) is 10.5. The highest BCUT2D eigenvalue weighted by atomic mass is 16.1. The molecule has 2 rings (SSSR count). The van der Waals surface area contributed by atoms with Crippen LogP contribution < -0.4 is 11.1 Å². The third-order valence-electron chi connectivity index (χ3n) is 2.98. The Morgan fingerprint density at radius 3 is 2.70 bits per heavy atom. The van der Waals surface area contributed by atoms with Gasteiger partial charge in [-0.15, -0.1) is 0 Å². The minimum absolute atomic E-state index is 0.122. The van der Waals surface area contributed by atoms with E-state index in [9.17, 15) is 9.59 Å². The van der Waals surface area contributed by atoms with Gasteiger partial charge in [-0.1, -0.05) is 0 Å². The first kappa shape index (κ1) is 14.0. The number of nitrogens with two attached hydrogens (primary N) is 1. The van der Waals surface area contributed by atoms with Crippen LogP contribution in [0.2, 0.25) is 0 Å². The van der Waals surface area contributed by atoms with E-state index in [4.69, 9.17) is 5.73 Å². The number of nitrogens with one attached hydrogen (secondary N) is 1. The molecule has 0 spiro atoms. The van der Waals surface area contributed by atoms with E-state index in [1.165, 1.54) is 6.92 Å². The van der Waals surface area contributed by atoms with Crippen LogP contribution in [-0.4, -0.2) is 16.8 Å². The molecule has 0 fully saturated rings. The second-order valence-corrected chi connectivity index (χ2v) is 4.80.